The molecule has 3 aliphatic heterocycles. The Labute approximate surface area is 373 Å². The number of Topliss-reactive ketones (excluding diaryl/α,β-unsaturated/α-hetero) is 1. The number of phenols is 1. The van der Waals surface area contributed by atoms with Crippen molar-refractivity contribution < 1.29 is 77.3 Å². The lowest BCUT2D eigenvalue weighted by molar-refractivity contribution is -0.160. The van der Waals surface area contributed by atoms with Gasteiger partial charge in [-0.2, -0.15) is 0 Å². The lowest BCUT2D eigenvalue weighted by atomic mass is 9.78. The molecular formula is C45H63N3O16. The number of rotatable bonds is 14. The fraction of sp³-hybridized carbons (Fsp3) is 0.578. The number of carbonyl (C=O) groups excluding carboxylic acids is 3. The van der Waals surface area contributed by atoms with E-state index in [0.717, 1.165) is 0 Å². The highest BCUT2D eigenvalue weighted by molar-refractivity contribution is 6.32. The minimum Gasteiger partial charge on any atom is -0.507 e. The molecule has 4 aliphatic rings. The van der Waals surface area contributed by atoms with E-state index in [1.165, 1.54) is 67.4 Å². The normalized spacial score (nSPS) is 30.7. The van der Waals surface area contributed by atoms with E-state index < -0.39 is 77.3 Å². The molecule has 19 heteroatoms. The van der Waals surface area contributed by atoms with Crippen molar-refractivity contribution in [2.75, 3.05) is 61.3 Å². The first-order valence-corrected chi connectivity index (χ1v) is 20.9. The number of carbonyl (C=O) groups is 3. The van der Waals surface area contributed by atoms with Crippen molar-refractivity contribution in [2.24, 2.45) is 34.0 Å². The number of aliphatic hydroxyl groups excluding tert-OH is 2. The predicted molar refractivity (Wildman–Crippen MR) is 231 cm³/mol. The Bertz CT molecular complexity index is 2010. The van der Waals surface area contributed by atoms with Crippen molar-refractivity contribution in [1.29, 1.82) is 0 Å². The lowest BCUT2D eigenvalue weighted by Crippen LogP contribution is -2.46. The molecule has 3 heterocycles. The van der Waals surface area contributed by atoms with E-state index in [1.54, 1.807) is 45.9 Å². The monoisotopic (exact) mass is 901 g/mol. The number of nitrogens with zero attached hydrogens (tertiary/aromatic N) is 2. The molecule has 0 spiro atoms. The maximum atomic E-state index is 14.4. The molecule has 1 aliphatic carbocycles. The van der Waals surface area contributed by atoms with Gasteiger partial charge < -0.3 is 68.2 Å². The molecule has 1 aromatic carbocycles. The van der Waals surface area contributed by atoms with Crippen molar-refractivity contribution >= 4 is 29.1 Å². The number of fused-ring (bicyclic) bond motifs is 14. The van der Waals surface area contributed by atoms with Crippen LogP contribution in [0.1, 0.15) is 75.5 Å². The van der Waals surface area contributed by atoms with Crippen molar-refractivity contribution in [3.63, 3.8) is 0 Å². The van der Waals surface area contributed by atoms with Gasteiger partial charge in [0.05, 0.1) is 67.8 Å². The number of methoxy groups -OCH3 is 3. The zero-order chi connectivity index (χ0) is 47.3. The van der Waals surface area contributed by atoms with Gasteiger partial charge in [-0.25, -0.2) is 0 Å². The molecule has 64 heavy (non-hydrogen) atoms. The van der Waals surface area contributed by atoms with E-state index in [4.69, 9.17) is 47.6 Å². The highest BCUT2D eigenvalue weighted by Crippen LogP contribution is 2.48. The Balaban J connectivity index is 1.96. The highest BCUT2D eigenvalue weighted by Gasteiger charge is 2.50. The average Bonchev–Trinajstić information content (AvgIpc) is 3.56. The number of benzene rings is 1. The maximum absolute atomic E-state index is 14.4. The number of aromatic hydroxyl groups is 1. The SMILES string of the molecule is COCCOCO/N=C1/c2c3c(C)c(O)c4c2/C(=N/OCOCCOC)C=C(NC(=O)/C(C)=C\C=C\[C@H](C)[C@H](O)[C@@H](C)[C@@H](O)[C@@H](C)[C@H](OC(C)=O)[C@H](C)[C@@H](OC)/C=C/O[C@@]1(C)O3)C4=O. The molecule has 5 bridgehead atoms. The number of esters is 1. The number of ether oxygens (including phenoxy) is 8. The van der Waals surface area contributed by atoms with E-state index in [1.807, 2.05) is 0 Å². The van der Waals surface area contributed by atoms with Crippen molar-refractivity contribution in [3.8, 4) is 11.5 Å². The van der Waals surface area contributed by atoms with Crippen LogP contribution in [0.4, 0.5) is 0 Å². The Kier molecular flexibility index (Phi) is 19.1. The first kappa shape index (κ1) is 51.5. The van der Waals surface area contributed by atoms with Crippen LogP contribution in [0.3, 0.4) is 0 Å². The number of aliphatic hydroxyl groups is 2. The van der Waals surface area contributed by atoms with Gasteiger partial charge in [0.1, 0.15) is 23.3 Å². The van der Waals surface area contributed by atoms with Crippen molar-refractivity contribution in [3.05, 3.63) is 70.2 Å². The first-order valence-electron chi connectivity index (χ1n) is 20.9. The van der Waals surface area contributed by atoms with Crippen LogP contribution in [0.25, 0.3) is 0 Å². The molecule has 1 amide bonds. The van der Waals surface area contributed by atoms with Gasteiger partial charge >= 0.3 is 5.97 Å². The largest absolute Gasteiger partial charge is 0.507 e. The molecule has 19 nitrogen and oxygen atoms in total. The van der Waals surface area contributed by atoms with Gasteiger partial charge in [0, 0.05) is 75.5 Å². The third kappa shape index (κ3) is 12.1. The lowest BCUT2D eigenvalue weighted by Gasteiger charge is -2.38. The highest BCUT2D eigenvalue weighted by atomic mass is 16.8. The summed E-state index contributed by atoms with van der Waals surface area (Å²) >= 11 is 0. The van der Waals surface area contributed by atoms with Crippen LogP contribution in [-0.4, -0.2) is 136 Å². The third-order valence-corrected chi connectivity index (χ3v) is 11.3. The molecule has 0 fully saturated rings. The second kappa shape index (κ2) is 23.7. The Hall–Kier alpha value is -5.15. The zero-order valence-electron chi connectivity index (χ0n) is 38.4. The molecule has 9 atom stereocenters. The van der Waals surface area contributed by atoms with Crippen molar-refractivity contribution in [1.82, 2.24) is 5.32 Å². The second-order valence-electron chi connectivity index (χ2n) is 15.9. The Morgan fingerprint density at radius 2 is 1.50 bits per heavy atom. The van der Waals surface area contributed by atoms with Gasteiger partial charge in [0.2, 0.25) is 19.4 Å². The Morgan fingerprint density at radius 3 is 2.11 bits per heavy atom. The summed E-state index contributed by atoms with van der Waals surface area (Å²) in [6, 6.07) is 0. The van der Waals surface area contributed by atoms with Crippen LogP contribution in [-0.2, 0) is 52.4 Å². The van der Waals surface area contributed by atoms with E-state index >= 15 is 0 Å². The molecule has 0 aromatic heterocycles. The van der Waals surface area contributed by atoms with E-state index in [0.29, 0.717) is 0 Å². The number of phenolic OH excluding ortho intramolecular Hbond substituents is 1. The van der Waals surface area contributed by atoms with Crippen LogP contribution in [0.15, 0.2) is 58.2 Å². The topological polar surface area (TPSA) is 241 Å². The summed E-state index contributed by atoms with van der Waals surface area (Å²) in [4.78, 5) is 51.7. The predicted octanol–water partition coefficient (Wildman–Crippen LogP) is 3.95. The summed E-state index contributed by atoms with van der Waals surface area (Å²) in [7, 11) is 4.50. The van der Waals surface area contributed by atoms with Gasteiger partial charge in [-0.15, -0.1) is 0 Å². The number of oxime groups is 2. The summed E-state index contributed by atoms with van der Waals surface area (Å²) in [6.07, 6.45) is 5.04. The second-order valence-corrected chi connectivity index (χ2v) is 15.9. The molecule has 0 radical (unpaired) electrons. The molecule has 0 unspecified atom stereocenters. The van der Waals surface area contributed by atoms with Crippen LogP contribution in [0.2, 0.25) is 0 Å². The minimum absolute atomic E-state index is 0.0158. The fourth-order valence-electron chi connectivity index (χ4n) is 7.51. The van der Waals surface area contributed by atoms with E-state index in [-0.39, 0.29) is 90.7 Å². The molecule has 0 saturated carbocycles. The van der Waals surface area contributed by atoms with Gasteiger partial charge in [-0.1, -0.05) is 56.2 Å². The number of ketones is 1. The number of hydrogen-bond acceptors (Lipinski definition) is 18. The summed E-state index contributed by atoms with van der Waals surface area (Å²) in [5, 5.41) is 46.1. The molecule has 0 saturated heterocycles. The fourth-order valence-corrected chi connectivity index (χ4v) is 7.51. The zero-order valence-corrected chi connectivity index (χ0v) is 38.4. The summed E-state index contributed by atoms with van der Waals surface area (Å²) in [5.74, 6) is -6.74. The number of amides is 1. The van der Waals surface area contributed by atoms with Crippen LogP contribution in [0.5, 0.6) is 11.5 Å². The van der Waals surface area contributed by atoms with Crippen LogP contribution in [0, 0.1) is 30.6 Å². The smallest absolute Gasteiger partial charge is 0.302 e. The Morgan fingerprint density at radius 1 is 0.859 bits per heavy atom. The van der Waals surface area contributed by atoms with Crippen molar-refractivity contribution in [2.45, 2.75) is 85.6 Å². The van der Waals surface area contributed by atoms with E-state index in [2.05, 4.69) is 15.6 Å². The maximum Gasteiger partial charge on any atom is 0.302 e. The quantitative estimate of drug-likeness (QED) is 0.0895. The first-order chi connectivity index (χ1) is 30.4. The standard InChI is InChI=1S/C45H63N3O16/c1-24-13-12-14-25(2)44(54)46-32-21-31(47-61-22-58-19-17-55-9)34-35(40(32)53)39(52)29(6)42-36(34)43(48-62-23-59-20-18-56-10)45(8,64-42)60-16-15-33(57-11)26(3)41(63-30(7)49)28(5)38(51)27(4)37(24)50/h12-16,21,24,26-28,33,37-38,41,50-52H,17-20,22-23H2,1-11H3,(H,46,54)/b13-12+,16-15+,25-14-,47-31+,48-43-/t24-,26+,27+,28+,33-,37-,38+,41+,45-/m0/s1. The summed E-state index contributed by atoms with van der Waals surface area (Å²) < 4.78 is 45.5. The van der Waals surface area contributed by atoms with Gasteiger partial charge in [-0.05, 0) is 26.0 Å². The molecule has 5 rings (SSSR count). The summed E-state index contributed by atoms with van der Waals surface area (Å²) in [5.41, 5.74) is -0.0749. The molecule has 354 valence electrons. The molecular weight excluding hydrogens is 838 g/mol. The van der Waals surface area contributed by atoms with Crippen LogP contribution >= 0.6 is 0 Å². The average molecular weight is 902 g/mol. The van der Waals surface area contributed by atoms with Gasteiger partial charge in [0.25, 0.3) is 11.7 Å². The van der Waals surface area contributed by atoms with Gasteiger partial charge in [0.15, 0.2) is 5.71 Å². The number of nitrogens with one attached hydrogen (secondary N) is 1. The molecule has 1 aromatic rings. The number of hydrogen-bond donors (Lipinski definition) is 4. The molecule has 4 N–H and O–H groups in total. The summed E-state index contributed by atoms with van der Waals surface area (Å²) in [6.45, 7) is 13.1. The van der Waals surface area contributed by atoms with Gasteiger partial charge in [-0.3, -0.25) is 14.4 Å². The van der Waals surface area contributed by atoms with E-state index in [9.17, 15) is 29.7 Å². The number of allylic oxidation sites excluding steroid dienone is 4. The third-order valence-electron chi connectivity index (χ3n) is 11.3. The minimum atomic E-state index is -1.83. The van der Waals surface area contributed by atoms with Crippen LogP contribution < -0.4 is 10.1 Å².